The topological polar surface area (TPSA) is 17.8 Å². The second-order valence-electron chi connectivity index (χ2n) is 4.71. The van der Waals surface area contributed by atoms with Crippen LogP contribution in [0.3, 0.4) is 0 Å². The third-order valence-electron chi connectivity index (χ3n) is 3.35. The molecule has 2 aromatic carbocycles. The molecule has 0 aliphatic heterocycles. The van der Waals surface area contributed by atoms with Gasteiger partial charge in [-0.25, -0.2) is 13.2 Å². The lowest BCUT2D eigenvalue weighted by molar-refractivity contribution is 0.585. The summed E-state index contributed by atoms with van der Waals surface area (Å²) in [7, 11) is 1.50. The summed E-state index contributed by atoms with van der Waals surface area (Å²) in [5, 5.41) is 3.95. The standard InChI is InChI=1S/C16H10ClF3N2/c1-22-15(14-11(19)7-4-8-12(14)20)13(16(17)21-22)9-5-2-3-6-10(9)18/h2-8H,1H3. The molecular formula is C16H10ClF3N2. The van der Waals surface area contributed by atoms with Crippen molar-refractivity contribution in [3.63, 3.8) is 0 Å². The van der Waals surface area contributed by atoms with Crippen LogP contribution in [0.4, 0.5) is 13.2 Å². The van der Waals surface area contributed by atoms with Crippen LogP contribution >= 0.6 is 11.6 Å². The summed E-state index contributed by atoms with van der Waals surface area (Å²) in [6, 6.07) is 9.39. The van der Waals surface area contributed by atoms with E-state index in [4.69, 9.17) is 11.6 Å². The van der Waals surface area contributed by atoms with Gasteiger partial charge in [0.25, 0.3) is 0 Å². The largest absolute Gasteiger partial charge is 0.266 e. The van der Waals surface area contributed by atoms with E-state index in [1.54, 1.807) is 6.07 Å². The number of hydrogen-bond acceptors (Lipinski definition) is 1. The Morgan fingerprint density at radius 2 is 1.45 bits per heavy atom. The highest BCUT2D eigenvalue weighted by molar-refractivity contribution is 6.33. The Morgan fingerprint density at radius 1 is 0.864 bits per heavy atom. The molecular weight excluding hydrogens is 313 g/mol. The molecule has 0 bridgehead atoms. The number of nitrogens with zero attached hydrogens (tertiary/aromatic N) is 2. The zero-order valence-corrected chi connectivity index (χ0v) is 12.2. The first-order valence-corrected chi connectivity index (χ1v) is 6.80. The Balaban J connectivity index is 2.38. The fourth-order valence-corrected chi connectivity index (χ4v) is 2.71. The van der Waals surface area contributed by atoms with E-state index in [1.165, 1.54) is 36.0 Å². The third kappa shape index (κ3) is 2.27. The maximum atomic E-state index is 14.1. The Bertz CT molecular complexity index is 838. The van der Waals surface area contributed by atoms with Gasteiger partial charge in [0.1, 0.15) is 17.5 Å². The van der Waals surface area contributed by atoms with Gasteiger partial charge in [-0.05, 0) is 18.2 Å². The average Bonchev–Trinajstić information content (AvgIpc) is 2.74. The average molecular weight is 323 g/mol. The first-order valence-electron chi connectivity index (χ1n) is 6.42. The van der Waals surface area contributed by atoms with Crippen LogP contribution in [0.15, 0.2) is 42.5 Å². The van der Waals surface area contributed by atoms with E-state index in [-0.39, 0.29) is 27.5 Å². The summed E-state index contributed by atoms with van der Waals surface area (Å²) in [5.41, 5.74) is 0.0953. The molecule has 3 rings (SSSR count). The Hall–Kier alpha value is -2.27. The Labute approximate surface area is 129 Å². The molecule has 0 saturated heterocycles. The SMILES string of the molecule is Cn1nc(Cl)c(-c2ccccc2F)c1-c1c(F)cccc1F. The predicted molar refractivity (Wildman–Crippen MR) is 79.0 cm³/mol. The highest BCUT2D eigenvalue weighted by Crippen LogP contribution is 2.40. The predicted octanol–water partition coefficient (Wildman–Crippen LogP) is 4.82. The van der Waals surface area contributed by atoms with Crippen LogP contribution in [0.5, 0.6) is 0 Å². The first kappa shape index (κ1) is 14.7. The van der Waals surface area contributed by atoms with Gasteiger partial charge >= 0.3 is 0 Å². The monoisotopic (exact) mass is 322 g/mol. The molecule has 0 unspecified atom stereocenters. The van der Waals surface area contributed by atoms with Crippen LogP contribution in [0, 0.1) is 17.5 Å². The molecule has 0 aliphatic carbocycles. The van der Waals surface area contributed by atoms with Gasteiger partial charge in [-0.15, -0.1) is 0 Å². The van der Waals surface area contributed by atoms with Crippen LogP contribution in [0.25, 0.3) is 22.4 Å². The lowest BCUT2D eigenvalue weighted by Gasteiger charge is -2.09. The number of halogens is 4. The number of aryl methyl sites for hydroxylation is 1. The minimum absolute atomic E-state index is 0.0229. The van der Waals surface area contributed by atoms with Gasteiger partial charge in [0, 0.05) is 18.2 Å². The molecule has 0 saturated carbocycles. The molecule has 0 N–H and O–H groups in total. The molecule has 112 valence electrons. The summed E-state index contributed by atoms with van der Waals surface area (Å²) < 4.78 is 43.5. The van der Waals surface area contributed by atoms with Crippen LogP contribution in [-0.4, -0.2) is 9.78 Å². The molecule has 3 aromatic rings. The third-order valence-corrected chi connectivity index (χ3v) is 3.61. The highest BCUT2D eigenvalue weighted by atomic mass is 35.5. The van der Waals surface area contributed by atoms with Crippen molar-refractivity contribution in [1.82, 2.24) is 9.78 Å². The zero-order chi connectivity index (χ0) is 15.9. The molecule has 0 atom stereocenters. The first-order chi connectivity index (χ1) is 10.5. The van der Waals surface area contributed by atoms with Crippen molar-refractivity contribution < 1.29 is 13.2 Å². The number of rotatable bonds is 2. The van der Waals surface area contributed by atoms with Gasteiger partial charge in [-0.1, -0.05) is 35.9 Å². The van der Waals surface area contributed by atoms with Crippen molar-refractivity contribution in [3.05, 3.63) is 65.1 Å². The van der Waals surface area contributed by atoms with Gasteiger partial charge in [0.2, 0.25) is 0 Å². The maximum absolute atomic E-state index is 14.1. The fraction of sp³-hybridized carbons (Fsp3) is 0.0625. The van der Waals surface area contributed by atoms with Crippen LogP contribution in [-0.2, 0) is 7.05 Å². The molecule has 0 amide bonds. The van der Waals surface area contributed by atoms with Gasteiger partial charge in [-0.2, -0.15) is 5.10 Å². The smallest absolute Gasteiger partial charge is 0.159 e. The normalized spacial score (nSPS) is 11.0. The maximum Gasteiger partial charge on any atom is 0.159 e. The summed E-state index contributed by atoms with van der Waals surface area (Å²) in [4.78, 5) is 0. The van der Waals surface area contributed by atoms with Gasteiger partial charge in [0.05, 0.1) is 11.3 Å². The Kier molecular flexibility index (Phi) is 3.66. The fourth-order valence-electron chi connectivity index (χ4n) is 2.40. The summed E-state index contributed by atoms with van der Waals surface area (Å²) >= 11 is 6.07. The minimum Gasteiger partial charge on any atom is -0.266 e. The van der Waals surface area contributed by atoms with Crippen LogP contribution in [0.2, 0.25) is 5.15 Å². The van der Waals surface area contributed by atoms with Crippen LogP contribution < -0.4 is 0 Å². The number of hydrogen-bond donors (Lipinski definition) is 0. The number of benzene rings is 2. The van der Waals surface area contributed by atoms with Gasteiger partial charge in [-0.3, -0.25) is 4.68 Å². The molecule has 0 radical (unpaired) electrons. The molecule has 0 aliphatic rings. The molecule has 2 nitrogen and oxygen atoms in total. The van der Waals surface area contributed by atoms with E-state index in [9.17, 15) is 13.2 Å². The second kappa shape index (κ2) is 5.50. The molecule has 0 fully saturated rings. The van der Waals surface area contributed by atoms with Crippen molar-refractivity contribution in [2.45, 2.75) is 0 Å². The van der Waals surface area contributed by atoms with E-state index in [0.29, 0.717) is 0 Å². The highest BCUT2D eigenvalue weighted by Gasteiger charge is 2.24. The molecule has 0 spiro atoms. The van der Waals surface area contributed by atoms with Crippen molar-refractivity contribution >= 4 is 11.6 Å². The zero-order valence-electron chi connectivity index (χ0n) is 11.4. The Morgan fingerprint density at radius 3 is 2.09 bits per heavy atom. The molecule has 22 heavy (non-hydrogen) atoms. The van der Waals surface area contributed by atoms with E-state index in [0.717, 1.165) is 12.1 Å². The molecule has 1 heterocycles. The molecule has 1 aromatic heterocycles. The van der Waals surface area contributed by atoms with Gasteiger partial charge in [0.15, 0.2) is 5.15 Å². The van der Waals surface area contributed by atoms with Crippen LogP contribution in [0.1, 0.15) is 0 Å². The lowest BCUT2D eigenvalue weighted by atomic mass is 10.0. The second-order valence-corrected chi connectivity index (χ2v) is 5.07. The summed E-state index contributed by atoms with van der Waals surface area (Å²) in [6.45, 7) is 0. The van der Waals surface area contributed by atoms with E-state index >= 15 is 0 Å². The minimum atomic E-state index is -0.766. The lowest BCUT2D eigenvalue weighted by Crippen LogP contribution is -1.99. The van der Waals surface area contributed by atoms with E-state index in [2.05, 4.69) is 5.10 Å². The summed E-state index contributed by atoms with van der Waals surface area (Å²) in [5.74, 6) is -2.08. The van der Waals surface area contributed by atoms with E-state index in [1.807, 2.05) is 0 Å². The summed E-state index contributed by atoms with van der Waals surface area (Å²) in [6.07, 6.45) is 0. The van der Waals surface area contributed by atoms with Crippen molar-refractivity contribution in [2.24, 2.45) is 7.05 Å². The quantitative estimate of drug-likeness (QED) is 0.661. The van der Waals surface area contributed by atoms with E-state index < -0.39 is 17.5 Å². The molecule has 6 heteroatoms. The van der Waals surface area contributed by atoms with Crippen molar-refractivity contribution in [2.75, 3.05) is 0 Å². The van der Waals surface area contributed by atoms with Gasteiger partial charge < -0.3 is 0 Å². The number of aromatic nitrogens is 2. The van der Waals surface area contributed by atoms with Crippen molar-refractivity contribution in [3.8, 4) is 22.4 Å². The van der Waals surface area contributed by atoms with Crippen molar-refractivity contribution in [1.29, 1.82) is 0 Å².